The van der Waals surface area contributed by atoms with Crippen LogP contribution < -0.4 is 5.69 Å². The van der Waals surface area contributed by atoms with Crippen LogP contribution in [0, 0.1) is 17.1 Å². The Morgan fingerprint density at radius 1 is 1.20 bits per heavy atom. The summed E-state index contributed by atoms with van der Waals surface area (Å²) in [7, 11) is 0. The zero-order valence-corrected chi connectivity index (χ0v) is 9.62. The fourth-order valence-corrected chi connectivity index (χ4v) is 1.56. The third-order valence-corrected chi connectivity index (χ3v) is 2.37. The molecular weight excluding hydrogens is 278 g/mol. The van der Waals surface area contributed by atoms with Gasteiger partial charge in [0.05, 0.1) is 17.3 Å². The number of hydrogen-bond donors (Lipinski definition) is 1. The number of benzene rings is 1. The molecule has 0 radical (unpaired) electrons. The Morgan fingerprint density at radius 3 is 2.50 bits per heavy atom. The zero-order valence-electron chi connectivity index (χ0n) is 9.62. The number of nitriles is 1. The zero-order chi connectivity index (χ0) is 14.9. The molecule has 0 unspecified atom stereocenters. The van der Waals surface area contributed by atoms with Gasteiger partial charge in [-0.05, 0) is 24.3 Å². The molecule has 1 heterocycles. The van der Waals surface area contributed by atoms with Crippen molar-refractivity contribution < 1.29 is 17.6 Å². The molecule has 2 aromatic rings. The van der Waals surface area contributed by atoms with Crippen molar-refractivity contribution in [1.29, 1.82) is 5.26 Å². The minimum Gasteiger partial charge on any atom is -0.302 e. The number of aromatic amines is 1. The van der Waals surface area contributed by atoms with Crippen LogP contribution in [0.5, 0.6) is 0 Å². The van der Waals surface area contributed by atoms with Gasteiger partial charge in [0.25, 0.3) is 0 Å². The molecule has 0 aliphatic carbocycles. The van der Waals surface area contributed by atoms with Crippen molar-refractivity contribution in [1.82, 2.24) is 9.97 Å². The Morgan fingerprint density at radius 2 is 1.90 bits per heavy atom. The highest BCUT2D eigenvalue weighted by atomic mass is 19.4. The van der Waals surface area contributed by atoms with Gasteiger partial charge in [-0.25, -0.2) is 9.18 Å². The van der Waals surface area contributed by atoms with Gasteiger partial charge in [-0.1, -0.05) is 0 Å². The van der Waals surface area contributed by atoms with Gasteiger partial charge in [0.2, 0.25) is 0 Å². The summed E-state index contributed by atoms with van der Waals surface area (Å²) in [4.78, 5) is 16.0. The normalized spacial score (nSPS) is 11.2. The maximum Gasteiger partial charge on any atom is 0.431 e. The molecule has 0 amide bonds. The largest absolute Gasteiger partial charge is 0.431 e. The minimum atomic E-state index is -4.76. The van der Waals surface area contributed by atoms with Crippen LogP contribution in [0.4, 0.5) is 17.6 Å². The molecule has 0 saturated carbocycles. The van der Waals surface area contributed by atoms with Crippen molar-refractivity contribution in [3.8, 4) is 17.3 Å². The Labute approximate surface area is 109 Å². The summed E-state index contributed by atoms with van der Waals surface area (Å²) in [6.07, 6.45) is -4.76. The lowest BCUT2D eigenvalue weighted by atomic mass is 10.1. The molecular formula is C12H5F4N3O. The van der Waals surface area contributed by atoms with Gasteiger partial charge in [-0.15, -0.1) is 0 Å². The quantitative estimate of drug-likeness (QED) is 0.817. The lowest BCUT2D eigenvalue weighted by molar-refractivity contribution is -0.141. The molecule has 0 atom stereocenters. The molecule has 1 aromatic heterocycles. The van der Waals surface area contributed by atoms with Gasteiger partial charge >= 0.3 is 11.9 Å². The number of nitrogens with one attached hydrogen (secondary N) is 1. The van der Waals surface area contributed by atoms with Crippen LogP contribution in [0.2, 0.25) is 0 Å². The SMILES string of the molecule is N#Cc1cc(F)cc(-c2cc(C(F)(F)F)[nH]c(=O)n2)c1. The average molecular weight is 283 g/mol. The van der Waals surface area contributed by atoms with E-state index in [1.165, 1.54) is 0 Å². The second kappa shape index (κ2) is 4.77. The summed E-state index contributed by atoms with van der Waals surface area (Å²) >= 11 is 0. The highest BCUT2D eigenvalue weighted by molar-refractivity contribution is 5.61. The van der Waals surface area contributed by atoms with E-state index in [0.29, 0.717) is 6.07 Å². The first-order chi connectivity index (χ1) is 9.29. The van der Waals surface area contributed by atoms with Crippen molar-refractivity contribution in [3.63, 3.8) is 0 Å². The van der Waals surface area contributed by atoms with E-state index in [2.05, 4.69) is 4.98 Å². The Balaban J connectivity index is 2.65. The van der Waals surface area contributed by atoms with E-state index in [1.54, 1.807) is 11.1 Å². The van der Waals surface area contributed by atoms with Gasteiger partial charge in [0.1, 0.15) is 11.5 Å². The van der Waals surface area contributed by atoms with Gasteiger partial charge in [-0.3, -0.25) is 0 Å². The van der Waals surface area contributed by atoms with E-state index in [1.807, 2.05) is 0 Å². The number of nitrogens with zero attached hydrogens (tertiary/aromatic N) is 2. The topological polar surface area (TPSA) is 69.5 Å². The summed E-state index contributed by atoms with van der Waals surface area (Å²) in [6, 6.07) is 5.20. The fraction of sp³-hybridized carbons (Fsp3) is 0.0833. The van der Waals surface area contributed by atoms with Crippen LogP contribution in [0.25, 0.3) is 11.3 Å². The van der Waals surface area contributed by atoms with Crippen molar-refractivity contribution in [2.24, 2.45) is 0 Å². The maximum absolute atomic E-state index is 13.2. The Kier molecular flexibility index (Phi) is 3.28. The van der Waals surface area contributed by atoms with E-state index in [0.717, 1.165) is 18.2 Å². The molecule has 2 rings (SSSR count). The predicted molar refractivity (Wildman–Crippen MR) is 60.0 cm³/mol. The van der Waals surface area contributed by atoms with E-state index >= 15 is 0 Å². The molecule has 8 heteroatoms. The van der Waals surface area contributed by atoms with Crippen LogP contribution in [0.3, 0.4) is 0 Å². The van der Waals surface area contributed by atoms with Crippen molar-refractivity contribution in [2.45, 2.75) is 6.18 Å². The number of hydrogen-bond acceptors (Lipinski definition) is 3. The first-order valence-corrected chi connectivity index (χ1v) is 5.19. The molecule has 0 fully saturated rings. The molecule has 1 aromatic carbocycles. The van der Waals surface area contributed by atoms with Gasteiger partial charge in [0.15, 0.2) is 0 Å². The summed E-state index contributed by atoms with van der Waals surface area (Å²) < 4.78 is 50.9. The molecule has 102 valence electrons. The van der Waals surface area contributed by atoms with Crippen LogP contribution in [-0.4, -0.2) is 9.97 Å². The standard InChI is InChI=1S/C12H5F4N3O/c13-8-2-6(5-17)1-7(3-8)9-4-10(12(14,15)16)19-11(20)18-9/h1-4H,(H,18,19,20). The summed E-state index contributed by atoms with van der Waals surface area (Å²) in [5.41, 5.74) is -3.04. The fourth-order valence-electron chi connectivity index (χ4n) is 1.56. The molecule has 0 spiro atoms. The number of alkyl halides is 3. The molecule has 0 bridgehead atoms. The van der Waals surface area contributed by atoms with Gasteiger partial charge in [0, 0.05) is 5.56 Å². The maximum atomic E-state index is 13.2. The lowest BCUT2D eigenvalue weighted by Gasteiger charge is -2.08. The first kappa shape index (κ1) is 13.7. The number of halogens is 4. The molecule has 0 aliphatic heterocycles. The first-order valence-electron chi connectivity index (χ1n) is 5.19. The van der Waals surface area contributed by atoms with Crippen molar-refractivity contribution in [2.75, 3.05) is 0 Å². The minimum absolute atomic E-state index is 0.0850. The van der Waals surface area contributed by atoms with Gasteiger partial charge in [-0.2, -0.15) is 23.4 Å². The van der Waals surface area contributed by atoms with Crippen LogP contribution in [0.1, 0.15) is 11.3 Å². The molecule has 0 saturated heterocycles. The molecule has 20 heavy (non-hydrogen) atoms. The van der Waals surface area contributed by atoms with Crippen LogP contribution in [0.15, 0.2) is 29.1 Å². The van der Waals surface area contributed by atoms with Gasteiger partial charge < -0.3 is 4.98 Å². The molecule has 1 N–H and O–H groups in total. The third kappa shape index (κ3) is 2.83. The summed E-state index contributed by atoms with van der Waals surface area (Å²) in [5, 5.41) is 8.69. The second-order valence-electron chi connectivity index (χ2n) is 3.82. The highest BCUT2D eigenvalue weighted by Gasteiger charge is 2.32. The van der Waals surface area contributed by atoms with E-state index in [9.17, 15) is 22.4 Å². The number of H-pyrrole nitrogens is 1. The third-order valence-electron chi connectivity index (χ3n) is 2.37. The van der Waals surface area contributed by atoms with E-state index < -0.39 is 23.4 Å². The average Bonchev–Trinajstić information content (AvgIpc) is 2.36. The monoisotopic (exact) mass is 283 g/mol. The van der Waals surface area contributed by atoms with Crippen LogP contribution in [-0.2, 0) is 6.18 Å². The number of aromatic nitrogens is 2. The predicted octanol–water partition coefficient (Wildman–Crippen LogP) is 2.47. The molecule has 0 aliphatic rings. The molecule has 4 nitrogen and oxygen atoms in total. The summed E-state index contributed by atoms with van der Waals surface area (Å²) in [5.74, 6) is -0.810. The van der Waals surface area contributed by atoms with Crippen molar-refractivity contribution >= 4 is 0 Å². The Bertz CT molecular complexity index is 759. The number of rotatable bonds is 1. The smallest absolute Gasteiger partial charge is 0.302 e. The second-order valence-corrected chi connectivity index (χ2v) is 3.82. The van der Waals surface area contributed by atoms with E-state index in [-0.39, 0.29) is 16.8 Å². The Hall–Kier alpha value is -2.69. The highest BCUT2D eigenvalue weighted by Crippen LogP contribution is 2.29. The van der Waals surface area contributed by atoms with Crippen LogP contribution >= 0.6 is 0 Å². The summed E-state index contributed by atoms with van der Waals surface area (Å²) in [6.45, 7) is 0. The lowest BCUT2D eigenvalue weighted by Crippen LogP contribution is -2.19. The van der Waals surface area contributed by atoms with E-state index in [4.69, 9.17) is 5.26 Å². The van der Waals surface area contributed by atoms with Crippen molar-refractivity contribution in [3.05, 3.63) is 51.8 Å².